The molecule has 0 spiro atoms. The lowest BCUT2D eigenvalue weighted by Crippen LogP contribution is -2.62. The number of nitrogens with zero attached hydrogens (tertiary/aromatic N) is 4. The minimum atomic E-state index is -1.76. The molecule has 0 aromatic heterocycles. The van der Waals surface area contributed by atoms with Crippen LogP contribution in [0.5, 0.6) is 5.75 Å². The van der Waals surface area contributed by atoms with Gasteiger partial charge in [0, 0.05) is 33.6 Å². The van der Waals surface area contributed by atoms with Crippen LogP contribution < -0.4 is 20.7 Å². The van der Waals surface area contributed by atoms with Crippen LogP contribution in [0.4, 0.5) is 0 Å². The summed E-state index contributed by atoms with van der Waals surface area (Å²) in [5.41, 5.74) is 0.571. The van der Waals surface area contributed by atoms with Gasteiger partial charge in [-0.15, -0.1) is 0 Å². The van der Waals surface area contributed by atoms with Gasteiger partial charge in [0.2, 0.25) is 35.4 Å². The number of methoxy groups -OCH3 is 1. The Bertz CT molecular complexity index is 2330. The Morgan fingerprint density at radius 1 is 0.861 bits per heavy atom. The molecule has 7 amide bonds. The highest BCUT2D eigenvalue weighted by molar-refractivity contribution is 6.05. The lowest BCUT2D eigenvalue weighted by atomic mass is 9.91. The summed E-state index contributed by atoms with van der Waals surface area (Å²) in [6, 6.07) is -2.19. The number of rotatable bonds is 15. The average molecular weight is 1110 g/mol. The van der Waals surface area contributed by atoms with Gasteiger partial charge < -0.3 is 60.0 Å². The van der Waals surface area contributed by atoms with Gasteiger partial charge >= 0.3 is 11.9 Å². The first-order valence-electron chi connectivity index (χ1n) is 28.0. The first-order valence-corrected chi connectivity index (χ1v) is 28.0. The van der Waals surface area contributed by atoms with Crippen LogP contribution in [0, 0.1) is 29.6 Å². The van der Waals surface area contributed by atoms with Gasteiger partial charge in [-0.25, -0.2) is 4.79 Å². The Morgan fingerprint density at radius 2 is 1.49 bits per heavy atom. The number of amides is 7. The second-order valence-electron chi connectivity index (χ2n) is 23.0. The summed E-state index contributed by atoms with van der Waals surface area (Å²) >= 11 is 0. The second kappa shape index (κ2) is 29.3. The zero-order valence-corrected chi connectivity index (χ0v) is 48.8. The fourth-order valence-corrected chi connectivity index (χ4v) is 10.5. The fourth-order valence-electron chi connectivity index (χ4n) is 10.5. The summed E-state index contributed by atoms with van der Waals surface area (Å²) in [5, 5.41) is 30.2. The van der Waals surface area contributed by atoms with E-state index in [-0.39, 0.29) is 57.0 Å². The number of carbonyl (C=O) groups is 10. The van der Waals surface area contributed by atoms with Crippen molar-refractivity contribution < 1.29 is 72.4 Å². The number of aliphatic hydroxyl groups excluding tert-OH is 2. The number of likely N-dealkylation sites (tertiary alicyclic amines) is 1. The van der Waals surface area contributed by atoms with Crippen molar-refractivity contribution in [3.8, 4) is 5.75 Å². The lowest BCUT2D eigenvalue weighted by molar-refractivity contribution is -0.163. The Morgan fingerprint density at radius 3 is 2.06 bits per heavy atom. The van der Waals surface area contributed by atoms with Crippen molar-refractivity contribution in [2.24, 2.45) is 29.6 Å². The van der Waals surface area contributed by atoms with Gasteiger partial charge in [0.05, 0.1) is 31.6 Å². The summed E-state index contributed by atoms with van der Waals surface area (Å²) in [5.74, 6) is -10.3. The van der Waals surface area contributed by atoms with Crippen molar-refractivity contribution in [1.82, 2.24) is 35.6 Å². The Labute approximate surface area is 465 Å². The van der Waals surface area contributed by atoms with Crippen LogP contribution in [-0.2, 0) is 63.8 Å². The molecule has 3 saturated heterocycles. The quantitative estimate of drug-likeness (QED) is 0.124. The van der Waals surface area contributed by atoms with Crippen molar-refractivity contribution >= 4 is 59.1 Å². The van der Waals surface area contributed by atoms with Crippen LogP contribution in [0.2, 0.25) is 0 Å². The van der Waals surface area contributed by atoms with E-state index >= 15 is 4.79 Å². The van der Waals surface area contributed by atoms with Gasteiger partial charge in [0.1, 0.15) is 54.2 Å². The van der Waals surface area contributed by atoms with Crippen molar-refractivity contribution in [3.05, 3.63) is 29.8 Å². The standard InChI is InChI=1S/C57H89N7O15/c1-15-33(8)46-44(66)29-45(67)79-49(32(6)7)48(68)34(9)50(69)58-39(26-30(2)3)54(73)64-25-17-19-41(64)56(75)62(13)43(28-37-20-22-38(77-14)23-21-37)57(76)78-36(11)47(52(71)59-46)60-51(70)42(27-31(4)5)61(12)55(74)40-18-16-24-63(40)53(72)35(10)65/h20-23,30-36,39-44,46-47,49,65-66H,15-19,24-29H2,1-14H3,(H,58,69)(H,59,71)(H,60,70)/t33-,34-,35?,36+,39-,40?,41-,42+,43-,44-,46+,47-,49-/m0/s1. The van der Waals surface area contributed by atoms with Crippen molar-refractivity contribution in [2.75, 3.05) is 34.3 Å². The van der Waals surface area contributed by atoms with Gasteiger partial charge in [0.25, 0.3) is 5.91 Å². The molecule has 3 fully saturated rings. The molecule has 22 nitrogen and oxygen atoms in total. The van der Waals surface area contributed by atoms with E-state index in [4.69, 9.17) is 14.2 Å². The molecule has 5 N–H and O–H groups in total. The van der Waals surface area contributed by atoms with E-state index in [0.29, 0.717) is 30.6 Å². The number of ketones is 1. The molecular weight excluding hydrogens is 1020 g/mol. The fraction of sp³-hybridized carbons (Fsp3) is 0.719. The summed E-state index contributed by atoms with van der Waals surface area (Å²) in [6.45, 7) is 18.4. The van der Waals surface area contributed by atoms with Gasteiger partial charge in [-0.1, -0.05) is 73.9 Å². The number of carbonyl (C=O) groups excluding carboxylic acids is 10. The molecule has 79 heavy (non-hydrogen) atoms. The molecule has 0 radical (unpaired) electrons. The molecule has 2 unspecified atom stereocenters. The molecule has 0 aliphatic carbocycles. The smallest absolute Gasteiger partial charge is 0.329 e. The zero-order chi connectivity index (χ0) is 59.3. The van der Waals surface area contributed by atoms with Gasteiger partial charge in [-0.2, -0.15) is 0 Å². The van der Waals surface area contributed by atoms with E-state index in [1.807, 2.05) is 27.7 Å². The maximum absolute atomic E-state index is 15.0. The minimum Gasteiger partial charge on any atom is -0.497 e. The predicted octanol–water partition coefficient (Wildman–Crippen LogP) is 2.32. The predicted molar refractivity (Wildman–Crippen MR) is 290 cm³/mol. The summed E-state index contributed by atoms with van der Waals surface area (Å²) in [4.78, 5) is 149. The van der Waals surface area contributed by atoms with Crippen molar-refractivity contribution in [3.63, 3.8) is 0 Å². The molecular formula is C57H89N7O15. The molecule has 0 saturated carbocycles. The van der Waals surface area contributed by atoms with E-state index in [1.165, 1.54) is 61.6 Å². The second-order valence-corrected chi connectivity index (χ2v) is 23.0. The summed E-state index contributed by atoms with van der Waals surface area (Å²) in [7, 11) is 4.29. The van der Waals surface area contributed by atoms with Crippen LogP contribution in [0.25, 0.3) is 0 Å². The largest absolute Gasteiger partial charge is 0.497 e. The number of Topliss-reactive ketones (excluding diaryl/α,β-unsaturated/α-hetero) is 1. The SMILES string of the molecule is CC[C@H](C)[C@H]1NC(=O)[C@@H](NC(=O)[C@@H](CC(C)C)N(C)C(=O)C2CCCN2C(=O)C(C)O)[C@@H](C)OC(=O)[C@H](Cc2ccc(OC)cc2)N(C)C(=O)[C@@H]2CCCN2C(=O)[C@H](CC(C)C)NC(=O)[C@@H](C)C(=O)[C@H](C(C)C)OC(=O)C[C@@H]1O. The van der Waals surface area contributed by atoms with Crippen LogP contribution in [0.3, 0.4) is 0 Å². The van der Waals surface area contributed by atoms with Crippen LogP contribution in [0.15, 0.2) is 24.3 Å². The average Bonchev–Trinajstić information content (AvgIpc) is 4.13. The Kier molecular flexibility index (Phi) is 24.3. The Balaban J connectivity index is 1.89. The highest BCUT2D eigenvalue weighted by Gasteiger charge is 2.46. The van der Waals surface area contributed by atoms with E-state index in [2.05, 4.69) is 16.0 Å². The monoisotopic (exact) mass is 1110 g/mol. The molecule has 4 rings (SSSR count). The number of hydrogen-bond acceptors (Lipinski definition) is 15. The molecule has 1 aromatic rings. The van der Waals surface area contributed by atoms with E-state index in [9.17, 15) is 53.4 Å². The molecule has 3 aliphatic heterocycles. The normalized spacial score (nSPS) is 27.7. The number of aliphatic hydroxyl groups is 2. The Hall–Kier alpha value is -6.16. The van der Waals surface area contributed by atoms with Crippen LogP contribution in [-0.4, -0.2) is 190 Å². The van der Waals surface area contributed by atoms with E-state index < -0.39 is 150 Å². The molecule has 3 aliphatic rings. The maximum Gasteiger partial charge on any atom is 0.329 e. The number of fused-ring (bicyclic) bond motifs is 1. The number of benzene rings is 1. The first kappa shape index (κ1) is 65.4. The van der Waals surface area contributed by atoms with Crippen molar-refractivity contribution in [2.45, 2.75) is 201 Å². The number of nitrogens with one attached hydrogen (secondary N) is 3. The third kappa shape index (κ3) is 16.9. The number of cyclic esters (lactones) is 2. The molecule has 442 valence electrons. The van der Waals surface area contributed by atoms with Gasteiger partial charge in [-0.05, 0) is 101 Å². The number of hydrogen-bond donors (Lipinski definition) is 5. The van der Waals surface area contributed by atoms with Gasteiger partial charge in [0.15, 0.2) is 11.9 Å². The highest BCUT2D eigenvalue weighted by Crippen LogP contribution is 2.27. The third-order valence-electron chi connectivity index (χ3n) is 15.5. The number of esters is 2. The maximum atomic E-state index is 15.0. The number of likely N-dealkylation sites (N-methyl/N-ethyl adjacent to an activating group) is 2. The van der Waals surface area contributed by atoms with Crippen LogP contribution in [0.1, 0.15) is 133 Å². The molecule has 0 bridgehead atoms. The molecule has 22 heteroatoms. The van der Waals surface area contributed by atoms with Crippen LogP contribution >= 0.6 is 0 Å². The summed E-state index contributed by atoms with van der Waals surface area (Å²) in [6.07, 6.45) is -4.99. The zero-order valence-electron chi connectivity index (χ0n) is 48.8. The molecule has 1 aromatic carbocycles. The summed E-state index contributed by atoms with van der Waals surface area (Å²) < 4.78 is 17.2. The molecule has 13 atom stereocenters. The van der Waals surface area contributed by atoms with E-state index in [1.54, 1.807) is 52.0 Å². The van der Waals surface area contributed by atoms with Gasteiger partial charge in [-0.3, -0.25) is 43.2 Å². The third-order valence-corrected chi connectivity index (χ3v) is 15.5. The molecule has 3 heterocycles. The highest BCUT2D eigenvalue weighted by atomic mass is 16.6. The van der Waals surface area contributed by atoms with E-state index in [0.717, 1.165) is 0 Å². The number of ether oxygens (including phenoxy) is 3. The minimum absolute atomic E-state index is 0.0720. The first-order chi connectivity index (χ1) is 37.0. The topological polar surface area (TPSA) is 288 Å². The lowest BCUT2D eigenvalue weighted by Gasteiger charge is -2.36. The van der Waals surface area contributed by atoms with Crippen molar-refractivity contribution in [1.29, 1.82) is 0 Å².